The second-order valence-electron chi connectivity index (χ2n) is 5.25. The summed E-state index contributed by atoms with van der Waals surface area (Å²) in [6.07, 6.45) is 4.02. The van der Waals surface area contributed by atoms with Crippen molar-refractivity contribution in [2.45, 2.75) is 52.1 Å². The third-order valence-electron chi connectivity index (χ3n) is 3.31. The van der Waals surface area contributed by atoms with Gasteiger partial charge >= 0.3 is 0 Å². The van der Waals surface area contributed by atoms with E-state index >= 15 is 0 Å². The van der Waals surface area contributed by atoms with Crippen LogP contribution in [-0.4, -0.2) is 42.3 Å². The number of carbonyl (C=O) groups excluding carboxylic acids is 2. The molecule has 4 nitrogen and oxygen atoms in total. The predicted molar refractivity (Wildman–Crippen MR) is 67.7 cm³/mol. The number of rotatable bonds is 5. The van der Waals surface area contributed by atoms with Crippen molar-refractivity contribution in [2.24, 2.45) is 5.92 Å². The maximum absolute atomic E-state index is 11.9. The van der Waals surface area contributed by atoms with E-state index in [2.05, 4.69) is 19.2 Å². The first-order valence-electron chi connectivity index (χ1n) is 6.55. The van der Waals surface area contributed by atoms with Crippen molar-refractivity contribution in [1.82, 2.24) is 10.2 Å². The third kappa shape index (κ3) is 4.11. The number of carbonyl (C=O) groups is 2. The van der Waals surface area contributed by atoms with Gasteiger partial charge in [0.15, 0.2) is 0 Å². The van der Waals surface area contributed by atoms with Crippen LogP contribution in [0, 0.1) is 5.92 Å². The van der Waals surface area contributed by atoms with Crippen LogP contribution in [-0.2, 0) is 9.59 Å². The molecule has 1 aliphatic heterocycles. The van der Waals surface area contributed by atoms with Crippen LogP contribution in [0.3, 0.4) is 0 Å². The topological polar surface area (TPSA) is 49.4 Å². The molecule has 1 amide bonds. The van der Waals surface area contributed by atoms with Gasteiger partial charge in [0.05, 0.1) is 12.1 Å². The summed E-state index contributed by atoms with van der Waals surface area (Å²) < 4.78 is 0. The van der Waals surface area contributed by atoms with E-state index in [1.807, 2.05) is 11.8 Å². The molecule has 1 saturated heterocycles. The first kappa shape index (κ1) is 14.2. The van der Waals surface area contributed by atoms with Gasteiger partial charge in [0.1, 0.15) is 6.29 Å². The first-order chi connectivity index (χ1) is 8.06. The molecule has 1 N–H and O–H groups in total. The average Bonchev–Trinajstić information content (AvgIpc) is 2.34. The van der Waals surface area contributed by atoms with E-state index in [0.717, 1.165) is 32.1 Å². The van der Waals surface area contributed by atoms with Crippen molar-refractivity contribution < 1.29 is 9.59 Å². The van der Waals surface area contributed by atoms with Crippen molar-refractivity contribution in [3.63, 3.8) is 0 Å². The van der Waals surface area contributed by atoms with Crippen molar-refractivity contribution in [2.75, 3.05) is 13.1 Å². The van der Waals surface area contributed by atoms with Gasteiger partial charge < -0.3 is 10.1 Å². The molecular weight excluding hydrogens is 216 g/mol. The number of likely N-dealkylation sites (tertiary alicyclic amines) is 1. The summed E-state index contributed by atoms with van der Waals surface area (Å²) in [6, 6.07) is -0.284. The Kier molecular flexibility index (Phi) is 5.62. The minimum Gasteiger partial charge on any atom is -0.354 e. The molecule has 0 aromatic carbocycles. The van der Waals surface area contributed by atoms with Crippen molar-refractivity contribution >= 4 is 12.2 Å². The van der Waals surface area contributed by atoms with Gasteiger partial charge in [-0.2, -0.15) is 0 Å². The lowest BCUT2D eigenvalue weighted by atomic mass is 10.0. The quantitative estimate of drug-likeness (QED) is 0.735. The smallest absolute Gasteiger partial charge is 0.237 e. The molecule has 0 aliphatic carbocycles. The van der Waals surface area contributed by atoms with Crippen LogP contribution in [0.1, 0.15) is 40.0 Å². The molecule has 1 aliphatic rings. The van der Waals surface area contributed by atoms with Crippen molar-refractivity contribution in [1.29, 1.82) is 0 Å². The molecule has 1 heterocycles. The zero-order valence-electron chi connectivity index (χ0n) is 11.1. The fourth-order valence-corrected chi connectivity index (χ4v) is 2.21. The van der Waals surface area contributed by atoms with Crippen molar-refractivity contribution in [3.8, 4) is 0 Å². The number of piperidine rings is 1. The molecule has 0 aromatic heterocycles. The highest BCUT2D eigenvalue weighted by Gasteiger charge is 2.29. The molecule has 4 heteroatoms. The normalized spacial score (nSPS) is 23.4. The fourth-order valence-electron chi connectivity index (χ4n) is 2.21. The molecule has 17 heavy (non-hydrogen) atoms. The lowest BCUT2D eigenvalue weighted by Crippen LogP contribution is -2.52. The maximum atomic E-state index is 11.9. The number of aldehydes is 1. The Hall–Kier alpha value is -0.900. The Morgan fingerprint density at radius 2 is 2.12 bits per heavy atom. The van der Waals surface area contributed by atoms with Crippen LogP contribution < -0.4 is 5.32 Å². The average molecular weight is 240 g/mol. The standard InChI is InChI=1S/C13H24N2O2/c1-10(2)8-14-13(17)11(3)15-7-5-4-6-12(15)9-16/h9-12H,4-8H2,1-3H3,(H,14,17). The molecule has 1 fully saturated rings. The van der Waals surface area contributed by atoms with Gasteiger partial charge in [0.2, 0.25) is 5.91 Å². The number of hydrogen-bond acceptors (Lipinski definition) is 3. The SMILES string of the molecule is CC(C)CNC(=O)C(C)N1CCCCC1C=O. The van der Waals surface area contributed by atoms with Gasteiger partial charge in [0, 0.05) is 6.54 Å². The van der Waals surface area contributed by atoms with E-state index < -0.39 is 0 Å². The minimum absolute atomic E-state index is 0.0347. The van der Waals surface area contributed by atoms with E-state index in [-0.39, 0.29) is 18.0 Å². The molecule has 0 radical (unpaired) electrons. The van der Waals surface area contributed by atoms with Crippen LogP contribution >= 0.6 is 0 Å². The molecule has 0 bridgehead atoms. The largest absolute Gasteiger partial charge is 0.354 e. The highest BCUT2D eigenvalue weighted by molar-refractivity contribution is 5.81. The monoisotopic (exact) mass is 240 g/mol. The Morgan fingerprint density at radius 3 is 2.71 bits per heavy atom. The van der Waals surface area contributed by atoms with E-state index in [4.69, 9.17) is 0 Å². The van der Waals surface area contributed by atoms with E-state index in [1.165, 1.54) is 0 Å². The molecule has 2 atom stereocenters. The summed E-state index contributed by atoms with van der Waals surface area (Å²) in [6.45, 7) is 7.57. The predicted octanol–water partition coefficient (Wildman–Crippen LogP) is 1.20. The van der Waals surface area contributed by atoms with Gasteiger partial charge in [-0.1, -0.05) is 20.3 Å². The Morgan fingerprint density at radius 1 is 1.41 bits per heavy atom. The first-order valence-corrected chi connectivity index (χ1v) is 6.55. The van der Waals surface area contributed by atoms with Crippen LogP contribution in [0.2, 0.25) is 0 Å². The van der Waals surface area contributed by atoms with Gasteiger partial charge in [-0.05, 0) is 32.2 Å². The van der Waals surface area contributed by atoms with Crippen LogP contribution in [0.5, 0.6) is 0 Å². The maximum Gasteiger partial charge on any atom is 0.237 e. The molecular formula is C13H24N2O2. The summed E-state index contributed by atoms with van der Waals surface area (Å²) in [5, 5.41) is 2.93. The number of hydrogen-bond donors (Lipinski definition) is 1. The summed E-state index contributed by atoms with van der Waals surface area (Å²) >= 11 is 0. The van der Waals surface area contributed by atoms with Crippen LogP contribution in [0.15, 0.2) is 0 Å². The lowest BCUT2D eigenvalue weighted by molar-refractivity contribution is -0.129. The summed E-state index contributed by atoms with van der Waals surface area (Å²) in [7, 11) is 0. The molecule has 0 saturated carbocycles. The highest BCUT2D eigenvalue weighted by Crippen LogP contribution is 2.18. The lowest BCUT2D eigenvalue weighted by Gasteiger charge is -2.36. The number of nitrogens with zero attached hydrogens (tertiary/aromatic N) is 1. The van der Waals surface area contributed by atoms with Gasteiger partial charge in [-0.3, -0.25) is 9.69 Å². The number of nitrogens with one attached hydrogen (secondary N) is 1. The van der Waals surface area contributed by atoms with E-state index in [1.54, 1.807) is 0 Å². The van der Waals surface area contributed by atoms with Gasteiger partial charge in [0.25, 0.3) is 0 Å². The zero-order chi connectivity index (χ0) is 12.8. The summed E-state index contributed by atoms with van der Waals surface area (Å²) in [5.41, 5.74) is 0. The second-order valence-corrected chi connectivity index (χ2v) is 5.25. The Balaban J connectivity index is 2.51. The van der Waals surface area contributed by atoms with Gasteiger partial charge in [-0.15, -0.1) is 0 Å². The van der Waals surface area contributed by atoms with Crippen LogP contribution in [0.4, 0.5) is 0 Å². The third-order valence-corrected chi connectivity index (χ3v) is 3.31. The molecule has 1 rings (SSSR count). The van der Waals surface area contributed by atoms with Crippen LogP contribution in [0.25, 0.3) is 0 Å². The summed E-state index contributed by atoms with van der Waals surface area (Å²) in [4.78, 5) is 24.9. The molecule has 2 unspecified atom stereocenters. The molecule has 0 aromatic rings. The van der Waals surface area contributed by atoms with E-state index in [0.29, 0.717) is 12.5 Å². The number of amides is 1. The fraction of sp³-hybridized carbons (Fsp3) is 0.846. The Bertz CT molecular complexity index is 266. The van der Waals surface area contributed by atoms with Gasteiger partial charge in [-0.25, -0.2) is 0 Å². The summed E-state index contributed by atoms with van der Waals surface area (Å²) in [5.74, 6) is 0.488. The zero-order valence-corrected chi connectivity index (χ0v) is 11.1. The molecule has 98 valence electrons. The van der Waals surface area contributed by atoms with E-state index in [9.17, 15) is 9.59 Å². The second kappa shape index (κ2) is 6.74. The minimum atomic E-state index is -0.204. The highest BCUT2D eigenvalue weighted by atomic mass is 16.2. The van der Waals surface area contributed by atoms with Crippen molar-refractivity contribution in [3.05, 3.63) is 0 Å². The Labute approximate surface area is 104 Å². The molecule has 0 spiro atoms.